The maximum atomic E-state index is 10.9. The van der Waals surface area contributed by atoms with Gasteiger partial charge in [0.1, 0.15) is 11.5 Å². The molecule has 4 nitrogen and oxygen atoms in total. The molecule has 0 aliphatic heterocycles. The first-order valence-corrected chi connectivity index (χ1v) is 5.44. The minimum Gasteiger partial charge on any atom is -0.457 e. The number of carbonyl (C=O) groups is 1. The fraction of sp³-hybridized carbons (Fsp3) is 0.0714. The van der Waals surface area contributed by atoms with Crippen LogP contribution in [0.2, 0.25) is 0 Å². The number of para-hydroxylation sites is 1. The molecule has 0 bridgehead atoms. The van der Waals surface area contributed by atoms with Gasteiger partial charge in [-0.1, -0.05) is 30.3 Å². The second-order valence-corrected chi connectivity index (χ2v) is 3.70. The van der Waals surface area contributed by atoms with Crippen molar-refractivity contribution in [1.82, 2.24) is 0 Å². The van der Waals surface area contributed by atoms with E-state index in [0.29, 0.717) is 11.3 Å². The van der Waals surface area contributed by atoms with Gasteiger partial charge in [-0.3, -0.25) is 0 Å². The van der Waals surface area contributed by atoms with E-state index in [4.69, 9.17) is 9.99 Å². The van der Waals surface area contributed by atoms with E-state index in [1.807, 2.05) is 30.3 Å². The minimum atomic E-state index is -0.702. The lowest BCUT2D eigenvalue weighted by molar-refractivity contribution is -0.233. The molecular weight excluding hydrogens is 232 g/mol. The Labute approximate surface area is 104 Å². The van der Waals surface area contributed by atoms with Gasteiger partial charge in [0, 0.05) is 0 Å². The van der Waals surface area contributed by atoms with Crippen LogP contribution < -0.4 is 4.74 Å². The van der Waals surface area contributed by atoms with Crippen LogP contribution in [0.25, 0.3) is 0 Å². The van der Waals surface area contributed by atoms with Crippen LogP contribution in [0.5, 0.6) is 11.5 Å². The molecule has 0 saturated carbocycles. The minimum absolute atomic E-state index is 0.00247. The Morgan fingerprint density at radius 2 is 1.72 bits per heavy atom. The lowest BCUT2D eigenvalue weighted by Gasteiger charge is -2.06. The van der Waals surface area contributed by atoms with Gasteiger partial charge >= 0.3 is 5.97 Å². The third-order valence-corrected chi connectivity index (χ3v) is 2.33. The Balaban J connectivity index is 2.10. The molecule has 0 fully saturated rings. The second-order valence-electron chi connectivity index (χ2n) is 3.70. The fourth-order valence-corrected chi connectivity index (χ4v) is 1.54. The molecule has 0 saturated heterocycles. The van der Waals surface area contributed by atoms with Crippen molar-refractivity contribution in [3.8, 4) is 11.5 Å². The van der Waals surface area contributed by atoms with Crippen molar-refractivity contribution in [2.45, 2.75) is 6.42 Å². The van der Waals surface area contributed by atoms with Crippen LogP contribution in [0.4, 0.5) is 0 Å². The van der Waals surface area contributed by atoms with Crippen LogP contribution in [0.15, 0.2) is 54.6 Å². The van der Waals surface area contributed by atoms with Gasteiger partial charge in [0.05, 0.1) is 6.42 Å². The summed E-state index contributed by atoms with van der Waals surface area (Å²) >= 11 is 0. The summed E-state index contributed by atoms with van der Waals surface area (Å²) in [5.74, 6) is 0.649. The predicted molar refractivity (Wildman–Crippen MR) is 65.4 cm³/mol. The van der Waals surface area contributed by atoms with E-state index >= 15 is 0 Å². The van der Waals surface area contributed by atoms with E-state index < -0.39 is 5.97 Å². The Morgan fingerprint density at radius 3 is 2.44 bits per heavy atom. The zero-order chi connectivity index (χ0) is 12.8. The van der Waals surface area contributed by atoms with E-state index in [-0.39, 0.29) is 6.42 Å². The number of ether oxygens (including phenoxy) is 1. The predicted octanol–water partition coefficient (Wildman–Crippen LogP) is 3.04. The molecule has 2 aromatic rings. The molecule has 4 heteroatoms. The van der Waals surface area contributed by atoms with Crippen molar-refractivity contribution in [2.24, 2.45) is 0 Å². The number of rotatable bonds is 4. The highest BCUT2D eigenvalue weighted by Crippen LogP contribution is 2.21. The van der Waals surface area contributed by atoms with E-state index in [9.17, 15) is 4.79 Å². The Bertz CT molecular complexity index is 522. The van der Waals surface area contributed by atoms with Gasteiger partial charge in [0.15, 0.2) is 0 Å². The summed E-state index contributed by atoms with van der Waals surface area (Å²) < 4.78 is 5.62. The zero-order valence-electron chi connectivity index (χ0n) is 9.58. The molecule has 0 atom stereocenters. The molecule has 0 radical (unpaired) electrons. The first-order chi connectivity index (χ1) is 8.78. The van der Waals surface area contributed by atoms with Crippen LogP contribution in [-0.4, -0.2) is 11.2 Å². The molecule has 0 unspecified atom stereocenters. The van der Waals surface area contributed by atoms with E-state index in [0.717, 1.165) is 5.75 Å². The molecule has 92 valence electrons. The summed E-state index contributed by atoms with van der Waals surface area (Å²) in [6, 6.07) is 16.4. The van der Waals surface area contributed by atoms with Gasteiger partial charge in [0.25, 0.3) is 0 Å². The standard InChI is InChI=1S/C14H12O4/c15-14(18-16)10-11-5-4-8-13(9-11)17-12-6-2-1-3-7-12/h1-9,16H,10H2. The summed E-state index contributed by atoms with van der Waals surface area (Å²) in [7, 11) is 0. The first-order valence-electron chi connectivity index (χ1n) is 5.44. The Morgan fingerprint density at radius 1 is 1.00 bits per heavy atom. The summed E-state index contributed by atoms with van der Waals surface area (Å²) in [5.41, 5.74) is 0.711. The lowest BCUT2D eigenvalue weighted by Crippen LogP contribution is -2.04. The molecule has 1 N–H and O–H groups in total. The smallest absolute Gasteiger partial charge is 0.346 e. The molecule has 18 heavy (non-hydrogen) atoms. The largest absolute Gasteiger partial charge is 0.457 e. The van der Waals surface area contributed by atoms with Crippen LogP contribution in [0.1, 0.15) is 5.56 Å². The van der Waals surface area contributed by atoms with Crippen LogP contribution in [0, 0.1) is 0 Å². The van der Waals surface area contributed by atoms with Crippen molar-refractivity contribution >= 4 is 5.97 Å². The summed E-state index contributed by atoms with van der Waals surface area (Å²) in [6.07, 6.45) is 0.00247. The van der Waals surface area contributed by atoms with E-state index in [1.165, 1.54) is 0 Å². The maximum Gasteiger partial charge on any atom is 0.346 e. The van der Waals surface area contributed by atoms with Crippen LogP contribution in [-0.2, 0) is 16.1 Å². The van der Waals surface area contributed by atoms with Crippen molar-refractivity contribution < 1.29 is 19.7 Å². The van der Waals surface area contributed by atoms with Crippen molar-refractivity contribution in [3.63, 3.8) is 0 Å². The molecular formula is C14H12O4. The monoisotopic (exact) mass is 244 g/mol. The normalized spacial score (nSPS) is 9.83. The summed E-state index contributed by atoms with van der Waals surface area (Å²) in [6.45, 7) is 0. The molecule has 0 amide bonds. The SMILES string of the molecule is O=C(Cc1cccc(Oc2ccccc2)c1)OO. The number of benzene rings is 2. The molecule has 0 aliphatic rings. The molecule has 0 spiro atoms. The molecule has 0 aliphatic carbocycles. The number of carbonyl (C=O) groups excluding carboxylic acids is 1. The maximum absolute atomic E-state index is 10.9. The average molecular weight is 244 g/mol. The van der Waals surface area contributed by atoms with Gasteiger partial charge in [-0.05, 0) is 29.8 Å². The molecule has 0 aromatic heterocycles. The highest BCUT2D eigenvalue weighted by atomic mass is 17.1. The van der Waals surface area contributed by atoms with Gasteiger partial charge in [-0.15, -0.1) is 0 Å². The summed E-state index contributed by atoms with van der Waals surface area (Å²) in [5, 5.41) is 8.22. The molecule has 2 aromatic carbocycles. The average Bonchev–Trinajstić information content (AvgIpc) is 2.40. The lowest BCUT2D eigenvalue weighted by atomic mass is 10.1. The van der Waals surface area contributed by atoms with Crippen LogP contribution >= 0.6 is 0 Å². The zero-order valence-corrected chi connectivity index (χ0v) is 9.58. The van der Waals surface area contributed by atoms with Gasteiger partial charge < -0.3 is 9.62 Å². The fourth-order valence-electron chi connectivity index (χ4n) is 1.54. The van der Waals surface area contributed by atoms with Crippen LogP contribution in [0.3, 0.4) is 0 Å². The first kappa shape index (κ1) is 12.1. The van der Waals surface area contributed by atoms with Crippen molar-refractivity contribution in [3.05, 3.63) is 60.2 Å². The Kier molecular flexibility index (Phi) is 3.94. The van der Waals surface area contributed by atoms with Gasteiger partial charge in [0.2, 0.25) is 0 Å². The quantitative estimate of drug-likeness (QED) is 0.663. The van der Waals surface area contributed by atoms with Gasteiger partial charge in [-0.2, -0.15) is 5.26 Å². The molecule has 0 heterocycles. The topological polar surface area (TPSA) is 55.8 Å². The molecule has 2 rings (SSSR count). The highest BCUT2D eigenvalue weighted by molar-refractivity contribution is 5.72. The van der Waals surface area contributed by atoms with Crippen molar-refractivity contribution in [1.29, 1.82) is 0 Å². The number of hydrogen-bond acceptors (Lipinski definition) is 4. The van der Waals surface area contributed by atoms with E-state index in [2.05, 4.69) is 4.89 Å². The summed E-state index contributed by atoms with van der Waals surface area (Å²) in [4.78, 5) is 14.6. The van der Waals surface area contributed by atoms with Crippen molar-refractivity contribution in [2.75, 3.05) is 0 Å². The van der Waals surface area contributed by atoms with E-state index in [1.54, 1.807) is 24.3 Å². The second kappa shape index (κ2) is 5.84. The highest BCUT2D eigenvalue weighted by Gasteiger charge is 2.05. The van der Waals surface area contributed by atoms with Gasteiger partial charge in [-0.25, -0.2) is 4.79 Å². The Hall–Kier alpha value is -2.33. The third-order valence-electron chi connectivity index (χ3n) is 2.33. The third kappa shape index (κ3) is 3.33. The number of hydrogen-bond donors (Lipinski definition) is 1.